The number of rotatable bonds is 4. The van der Waals surface area contributed by atoms with E-state index < -0.39 is 4.92 Å². The summed E-state index contributed by atoms with van der Waals surface area (Å²) >= 11 is 1.47. The molecule has 0 fully saturated rings. The first kappa shape index (κ1) is 17.5. The highest BCUT2D eigenvalue weighted by atomic mass is 32.2. The fourth-order valence-electron chi connectivity index (χ4n) is 3.29. The third-order valence-electron chi connectivity index (χ3n) is 4.64. The van der Waals surface area contributed by atoms with Gasteiger partial charge in [-0.2, -0.15) is 0 Å². The van der Waals surface area contributed by atoms with Crippen molar-refractivity contribution in [2.75, 3.05) is 0 Å². The number of benzene rings is 2. The molecule has 0 amide bonds. The molecule has 0 radical (unpaired) electrons. The standard InChI is InChI=1S/C21H17NO4S/c23-21-18-9-5-4-8-17(18)20(19(26-21)14-6-2-1-3-7-14)27-16-12-10-15(11-13-16)22(24)25/h4-6,8-13H,1-3,7H2. The van der Waals surface area contributed by atoms with Crippen LogP contribution in [0.4, 0.5) is 5.69 Å². The lowest BCUT2D eigenvalue weighted by molar-refractivity contribution is -0.384. The molecular formula is C21H17NO4S. The summed E-state index contributed by atoms with van der Waals surface area (Å²) in [6.07, 6.45) is 6.23. The Kier molecular flexibility index (Phi) is 4.81. The Bertz CT molecular complexity index is 1100. The summed E-state index contributed by atoms with van der Waals surface area (Å²) in [7, 11) is 0. The van der Waals surface area contributed by atoms with E-state index in [-0.39, 0.29) is 11.3 Å². The number of nitrogens with zero attached hydrogens (tertiary/aromatic N) is 1. The second kappa shape index (κ2) is 7.40. The molecule has 6 heteroatoms. The van der Waals surface area contributed by atoms with Crippen LogP contribution < -0.4 is 5.63 Å². The largest absolute Gasteiger partial charge is 0.421 e. The number of allylic oxidation sites excluding steroid dienone is 2. The van der Waals surface area contributed by atoms with Gasteiger partial charge in [0.15, 0.2) is 0 Å². The van der Waals surface area contributed by atoms with Gasteiger partial charge in [0.25, 0.3) is 5.69 Å². The monoisotopic (exact) mass is 379 g/mol. The Morgan fingerprint density at radius 3 is 2.41 bits per heavy atom. The van der Waals surface area contributed by atoms with E-state index >= 15 is 0 Å². The summed E-state index contributed by atoms with van der Waals surface area (Å²) in [5.74, 6) is 0.627. The minimum atomic E-state index is -0.413. The number of nitro benzene ring substituents is 1. The minimum absolute atomic E-state index is 0.0546. The van der Waals surface area contributed by atoms with Gasteiger partial charge in [0.2, 0.25) is 0 Å². The van der Waals surface area contributed by atoms with Gasteiger partial charge >= 0.3 is 5.63 Å². The summed E-state index contributed by atoms with van der Waals surface area (Å²) in [6.45, 7) is 0. The van der Waals surface area contributed by atoms with E-state index in [0.717, 1.165) is 46.4 Å². The Labute approximate surface area is 159 Å². The van der Waals surface area contributed by atoms with Crippen molar-refractivity contribution < 1.29 is 9.34 Å². The second-order valence-electron chi connectivity index (χ2n) is 6.42. The Morgan fingerprint density at radius 1 is 1.00 bits per heavy atom. The first-order valence-corrected chi connectivity index (χ1v) is 9.63. The summed E-state index contributed by atoms with van der Waals surface area (Å²) in [4.78, 5) is 24.7. The first-order chi connectivity index (χ1) is 13.1. The van der Waals surface area contributed by atoms with Gasteiger partial charge in [0, 0.05) is 22.4 Å². The number of hydrogen-bond acceptors (Lipinski definition) is 5. The van der Waals surface area contributed by atoms with Crippen LogP contribution in [0.3, 0.4) is 0 Å². The molecule has 0 N–H and O–H groups in total. The van der Waals surface area contributed by atoms with E-state index in [4.69, 9.17) is 4.42 Å². The van der Waals surface area contributed by atoms with E-state index in [1.54, 1.807) is 18.2 Å². The van der Waals surface area contributed by atoms with Crippen molar-refractivity contribution in [2.45, 2.75) is 35.5 Å². The quantitative estimate of drug-likeness (QED) is 0.422. The van der Waals surface area contributed by atoms with Gasteiger partial charge < -0.3 is 4.42 Å². The molecule has 1 heterocycles. The zero-order valence-electron chi connectivity index (χ0n) is 14.5. The zero-order chi connectivity index (χ0) is 18.8. The molecule has 5 nitrogen and oxygen atoms in total. The predicted octanol–water partition coefficient (Wildman–Crippen LogP) is 5.81. The Balaban J connectivity index is 1.86. The lowest BCUT2D eigenvalue weighted by Crippen LogP contribution is -2.05. The summed E-state index contributed by atoms with van der Waals surface area (Å²) in [6, 6.07) is 13.8. The molecule has 0 saturated carbocycles. The van der Waals surface area contributed by atoms with E-state index in [1.165, 1.54) is 23.9 Å². The van der Waals surface area contributed by atoms with E-state index in [2.05, 4.69) is 6.08 Å². The molecule has 1 aliphatic carbocycles. The van der Waals surface area contributed by atoms with Crippen molar-refractivity contribution in [1.29, 1.82) is 0 Å². The molecule has 0 unspecified atom stereocenters. The summed E-state index contributed by atoms with van der Waals surface area (Å²) in [5, 5.41) is 12.3. The van der Waals surface area contributed by atoms with E-state index in [9.17, 15) is 14.9 Å². The van der Waals surface area contributed by atoms with Crippen molar-refractivity contribution in [3.8, 4) is 0 Å². The van der Waals surface area contributed by atoms with Gasteiger partial charge in [-0.25, -0.2) is 4.79 Å². The van der Waals surface area contributed by atoms with Crippen LogP contribution in [-0.2, 0) is 0 Å². The number of fused-ring (bicyclic) bond motifs is 1. The highest BCUT2D eigenvalue weighted by Gasteiger charge is 2.19. The van der Waals surface area contributed by atoms with Crippen LogP contribution in [0.25, 0.3) is 16.3 Å². The van der Waals surface area contributed by atoms with Gasteiger partial charge in [0.05, 0.1) is 15.2 Å². The van der Waals surface area contributed by atoms with Crippen LogP contribution in [0.5, 0.6) is 0 Å². The zero-order valence-corrected chi connectivity index (χ0v) is 15.3. The van der Waals surface area contributed by atoms with Crippen molar-refractivity contribution in [2.24, 2.45) is 0 Å². The van der Waals surface area contributed by atoms with Gasteiger partial charge in [-0.15, -0.1) is 0 Å². The van der Waals surface area contributed by atoms with Crippen molar-refractivity contribution >= 4 is 33.8 Å². The lowest BCUT2D eigenvalue weighted by Gasteiger charge is -2.16. The maximum atomic E-state index is 12.5. The summed E-state index contributed by atoms with van der Waals surface area (Å²) in [5.41, 5.74) is 0.785. The van der Waals surface area contributed by atoms with Gasteiger partial charge in [-0.1, -0.05) is 36.0 Å². The van der Waals surface area contributed by atoms with Crippen LogP contribution in [0.1, 0.15) is 31.4 Å². The van der Waals surface area contributed by atoms with Gasteiger partial charge in [0.1, 0.15) is 5.76 Å². The SMILES string of the molecule is O=c1oc(C2=CCCCC2)c(Sc2ccc([N+](=O)[O-])cc2)c2ccccc12. The molecule has 0 spiro atoms. The average molecular weight is 379 g/mol. The van der Waals surface area contributed by atoms with Gasteiger partial charge in [-0.3, -0.25) is 10.1 Å². The molecule has 4 rings (SSSR count). The predicted molar refractivity (Wildman–Crippen MR) is 106 cm³/mol. The topological polar surface area (TPSA) is 73.3 Å². The molecule has 0 bridgehead atoms. The van der Waals surface area contributed by atoms with Crippen LogP contribution in [0.15, 0.2) is 73.6 Å². The van der Waals surface area contributed by atoms with E-state index in [0.29, 0.717) is 11.1 Å². The van der Waals surface area contributed by atoms with Crippen LogP contribution in [0.2, 0.25) is 0 Å². The molecule has 3 aromatic rings. The molecule has 1 aromatic heterocycles. The van der Waals surface area contributed by atoms with Crippen LogP contribution in [-0.4, -0.2) is 4.92 Å². The van der Waals surface area contributed by atoms with Crippen LogP contribution in [0, 0.1) is 10.1 Å². The Hall–Kier alpha value is -2.86. The van der Waals surface area contributed by atoms with Gasteiger partial charge in [-0.05, 0) is 49.5 Å². The van der Waals surface area contributed by atoms with E-state index in [1.807, 2.05) is 18.2 Å². The second-order valence-corrected chi connectivity index (χ2v) is 7.51. The first-order valence-electron chi connectivity index (χ1n) is 8.81. The molecule has 0 aliphatic heterocycles. The smallest absolute Gasteiger partial charge is 0.344 e. The third kappa shape index (κ3) is 3.53. The maximum Gasteiger partial charge on any atom is 0.344 e. The molecule has 1 aliphatic rings. The highest BCUT2D eigenvalue weighted by molar-refractivity contribution is 7.99. The van der Waals surface area contributed by atoms with Crippen molar-refractivity contribution in [1.82, 2.24) is 0 Å². The average Bonchev–Trinajstić information content (AvgIpc) is 2.71. The summed E-state index contributed by atoms with van der Waals surface area (Å²) < 4.78 is 5.74. The fraction of sp³-hybridized carbons (Fsp3) is 0.190. The molecule has 0 atom stereocenters. The van der Waals surface area contributed by atoms with Crippen molar-refractivity contribution in [3.05, 3.63) is 80.9 Å². The van der Waals surface area contributed by atoms with Crippen LogP contribution >= 0.6 is 11.8 Å². The molecule has 0 saturated heterocycles. The molecule has 27 heavy (non-hydrogen) atoms. The molecule has 136 valence electrons. The third-order valence-corrected chi connectivity index (χ3v) is 5.76. The number of non-ortho nitro benzene ring substituents is 1. The Morgan fingerprint density at radius 2 is 1.74 bits per heavy atom. The lowest BCUT2D eigenvalue weighted by atomic mass is 9.97. The fourth-order valence-corrected chi connectivity index (χ4v) is 4.35. The number of nitro groups is 1. The normalized spacial score (nSPS) is 14.1. The maximum absolute atomic E-state index is 12.5. The molecule has 2 aromatic carbocycles. The number of hydrogen-bond donors (Lipinski definition) is 0. The molecular weight excluding hydrogens is 362 g/mol. The van der Waals surface area contributed by atoms with Crippen molar-refractivity contribution in [3.63, 3.8) is 0 Å². The highest BCUT2D eigenvalue weighted by Crippen LogP contribution is 2.40. The minimum Gasteiger partial charge on any atom is -0.421 e.